The fourth-order valence-electron chi connectivity index (χ4n) is 2.90. The van der Waals surface area contributed by atoms with Crippen LogP contribution in [0.15, 0.2) is 6.20 Å². The molecule has 1 saturated heterocycles. The first-order valence-electron chi connectivity index (χ1n) is 6.36. The van der Waals surface area contributed by atoms with Crippen LogP contribution in [0.25, 0.3) is 0 Å². The zero-order chi connectivity index (χ0) is 12.6. The van der Waals surface area contributed by atoms with Crippen molar-refractivity contribution in [3.8, 4) is 0 Å². The van der Waals surface area contributed by atoms with Gasteiger partial charge in [0, 0.05) is 24.4 Å². The number of nitrogens with one attached hydrogen (secondary N) is 2. The maximum absolute atomic E-state index is 7.32. The fourth-order valence-corrected chi connectivity index (χ4v) is 2.90. The Hall–Kier alpha value is -1.49. The van der Waals surface area contributed by atoms with E-state index in [0.717, 1.165) is 31.3 Å². The second-order valence-corrected chi connectivity index (χ2v) is 5.54. The zero-order valence-electron chi connectivity index (χ0n) is 10.6. The fraction of sp³-hybridized carbons (Fsp3) is 0.615. The molecule has 1 aromatic heterocycles. The smallest absolute Gasteiger partial charge is 0.153 e. The molecule has 2 fully saturated rings. The van der Waals surface area contributed by atoms with Crippen molar-refractivity contribution in [2.75, 3.05) is 25.1 Å². The zero-order valence-corrected chi connectivity index (χ0v) is 10.6. The Morgan fingerprint density at radius 2 is 2.33 bits per heavy atom. The van der Waals surface area contributed by atoms with Crippen molar-refractivity contribution in [1.82, 2.24) is 9.97 Å². The molecule has 1 saturated carbocycles. The Kier molecular flexibility index (Phi) is 2.78. The minimum Gasteiger partial charge on any atom is -0.380 e. The van der Waals surface area contributed by atoms with E-state index in [-0.39, 0.29) is 0 Å². The van der Waals surface area contributed by atoms with Crippen LogP contribution in [0.3, 0.4) is 0 Å². The van der Waals surface area contributed by atoms with Gasteiger partial charge in [0.05, 0.1) is 18.9 Å². The molecule has 1 aliphatic heterocycles. The van der Waals surface area contributed by atoms with Crippen LogP contribution < -0.4 is 5.32 Å². The molecule has 2 heterocycles. The monoisotopic (exact) mass is 246 g/mol. The summed E-state index contributed by atoms with van der Waals surface area (Å²) in [6.07, 6.45) is 5.44. The van der Waals surface area contributed by atoms with Crippen LogP contribution in [0.1, 0.15) is 24.2 Å². The number of aromatic nitrogens is 2. The maximum Gasteiger partial charge on any atom is 0.153 e. The molecule has 0 radical (unpaired) electrons. The summed E-state index contributed by atoms with van der Waals surface area (Å²) < 4.78 is 5.27. The van der Waals surface area contributed by atoms with Crippen LogP contribution in [0.2, 0.25) is 0 Å². The summed E-state index contributed by atoms with van der Waals surface area (Å²) in [5, 5.41) is 10.6. The second kappa shape index (κ2) is 4.31. The van der Waals surface area contributed by atoms with Crippen molar-refractivity contribution in [1.29, 1.82) is 5.41 Å². The van der Waals surface area contributed by atoms with Crippen molar-refractivity contribution >= 4 is 12.0 Å². The van der Waals surface area contributed by atoms with E-state index in [2.05, 4.69) is 15.3 Å². The standard InChI is InChI=1S/C13H18N4O/c1-9-5-15-11(4-14)12(17-9)16-6-10-2-13(3-10)7-18-8-13/h4-5,10,14H,2-3,6-8H2,1H3,(H,16,17). The van der Waals surface area contributed by atoms with Gasteiger partial charge in [-0.2, -0.15) is 0 Å². The lowest BCUT2D eigenvalue weighted by atomic mass is 9.61. The lowest BCUT2D eigenvalue weighted by molar-refractivity contribution is -0.176. The van der Waals surface area contributed by atoms with Crippen molar-refractivity contribution in [2.24, 2.45) is 11.3 Å². The predicted molar refractivity (Wildman–Crippen MR) is 69.1 cm³/mol. The summed E-state index contributed by atoms with van der Waals surface area (Å²) in [7, 11) is 0. The summed E-state index contributed by atoms with van der Waals surface area (Å²) in [5.74, 6) is 1.44. The van der Waals surface area contributed by atoms with Gasteiger partial charge in [-0.25, -0.2) is 9.97 Å². The third kappa shape index (κ3) is 1.99. The van der Waals surface area contributed by atoms with Gasteiger partial charge in [-0.1, -0.05) is 0 Å². The molecule has 2 N–H and O–H groups in total. The first-order chi connectivity index (χ1) is 8.71. The molecule has 0 amide bonds. The molecule has 5 nitrogen and oxygen atoms in total. The number of aryl methyl sites for hydroxylation is 1. The average molecular weight is 246 g/mol. The molecular weight excluding hydrogens is 228 g/mol. The third-order valence-electron chi connectivity index (χ3n) is 3.88. The first-order valence-corrected chi connectivity index (χ1v) is 6.36. The van der Waals surface area contributed by atoms with Gasteiger partial charge in [0.1, 0.15) is 5.69 Å². The highest BCUT2D eigenvalue weighted by Gasteiger charge is 2.49. The quantitative estimate of drug-likeness (QED) is 0.792. The SMILES string of the molecule is Cc1cnc(C=N)c(NCC2CC3(COC3)C2)n1. The molecule has 96 valence electrons. The van der Waals surface area contributed by atoms with E-state index in [1.807, 2.05) is 6.92 Å². The van der Waals surface area contributed by atoms with E-state index in [0.29, 0.717) is 17.0 Å². The van der Waals surface area contributed by atoms with E-state index < -0.39 is 0 Å². The van der Waals surface area contributed by atoms with Crippen LogP contribution in [-0.4, -0.2) is 35.9 Å². The van der Waals surface area contributed by atoms with E-state index in [4.69, 9.17) is 10.1 Å². The van der Waals surface area contributed by atoms with E-state index in [1.165, 1.54) is 19.1 Å². The van der Waals surface area contributed by atoms with Crippen molar-refractivity contribution in [2.45, 2.75) is 19.8 Å². The van der Waals surface area contributed by atoms with Gasteiger partial charge >= 0.3 is 0 Å². The molecule has 0 atom stereocenters. The Balaban J connectivity index is 1.57. The molecule has 1 aliphatic carbocycles. The molecular formula is C13H18N4O. The van der Waals surface area contributed by atoms with Gasteiger partial charge in [-0.3, -0.25) is 0 Å². The van der Waals surface area contributed by atoms with E-state index >= 15 is 0 Å². The molecule has 0 unspecified atom stereocenters. The third-order valence-corrected chi connectivity index (χ3v) is 3.88. The molecule has 3 rings (SSSR count). The highest BCUT2D eigenvalue weighted by molar-refractivity contribution is 5.81. The number of nitrogens with zero attached hydrogens (tertiary/aromatic N) is 2. The largest absolute Gasteiger partial charge is 0.380 e. The molecule has 18 heavy (non-hydrogen) atoms. The molecule has 0 bridgehead atoms. The lowest BCUT2D eigenvalue weighted by Crippen LogP contribution is -2.53. The summed E-state index contributed by atoms with van der Waals surface area (Å²) in [6, 6.07) is 0. The van der Waals surface area contributed by atoms with Crippen LogP contribution in [0, 0.1) is 23.7 Å². The Morgan fingerprint density at radius 1 is 1.56 bits per heavy atom. The topological polar surface area (TPSA) is 70.9 Å². The van der Waals surface area contributed by atoms with Crippen LogP contribution >= 0.6 is 0 Å². The van der Waals surface area contributed by atoms with Gasteiger partial charge < -0.3 is 15.5 Å². The Morgan fingerprint density at radius 3 is 2.94 bits per heavy atom. The number of anilines is 1. The Bertz CT molecular complexity index is 462. The van der Waals surface area contributed by atoms with Gasteiger partial charge in [0.15, 0.2) is 5.82 Å². The number of hydrogen-bond acceptors (Lipinski definition) is 5. The molecule has 5 heteroatoms. The first kappa shape index (κ1) is 11.6. The number of ether oxygens (including phenoxy) is 1. The van der Waals surface area contributed by atoms with E-state index in [9.17, 15) is 0 Å². The second-order valence-electron chi connectivity index (χ2n) is 5.54. The van der Waals surface area contributed by atoms with Gasteiger partial charge in [-0.05, 0) is 25.7 Å². The average Bonchev–Trinajstić information content (AvgIpc) is 2.25. The number of hydrogen-bond donors (Lipinski definition) is 2. The Labute approximate surface area is 106 Å². The molecule has 0 aromatic carbocycles. The highest BCUT2D eigenvalue weighted by atomic mass is 16.5. The molecule has 1 spiro atoms. The summed E-state index contributed by atoms with van der Waals surface area (Å²) in [4.78, 5) is 8.58. The molecule has 2 aliphatic rings. The van der Waals surface area contributed by atoms with Gasteiger partial charge in [0.25, 0.3) is 0 Å². The van der Waals surface area contributed by atoms with Crippen molar-refractivity contribution in [3.63, 3.8) is 0 Å². The van der Waals surface area contributed by atoms with E-state index in [1.54, 1.807) is 6.20 Å². The van der Waals surface area contributed by atoms with Gasteiger partial charge in [-0.15, -0.1) is 0 Å². The van der Waals surface area contributed by atoms with Crippen molar-refractivity contribution < 1.29 is 4.74 Å². The minimum absolute atomic E-state index is 0.509. The molecule has 1 aromatic rings. The highest BCUT2D eigenvalue weighted by Crippen LogP contribution is 2.50. The van der Waals surface area contributed by atoms with Crippen LogP contribution in [-0.2, 0) is 4.74 Å². The van der Waals surface area contributed by atoms with Crippen molar-refractivity contribution in [3.05, 3.63) is 17.6 Å². The van der Waals surface area contributed by atoms with Crippen LogP contribution in [0.4, 0.5) is 5.82 Å². The minimum atomic E-state index is 0.509. The normalized spacial score (nSPS) is 21.2. The lowest BCUT2D eigenvalue weighted by Gasteiger charge is -2.53. The van der Waals surface area contributed by atoms with Gasteiger partial charge in [0.2, 0.25) is 0 Å². The predicted octanol–water partition coefficient (Wildman–Crippen LogP) is 1.62. The summed E-state index contributed by atoms with van der Waals surface area (Å²) in [6.45, 7) is 4.72. The summed E-state index contributed by atoms with van der Waals surface area (Å²) >= 11 is 0. The maximum atomic E-state index is 7.32. The number of rotatable bonds is 4. The summed E-state index contributed by atoms with van der Waals surface area (Å²) in [5.41, 5.74) is 2.00. The van der Waals surface area contributed by atoms with Crippen LogP contribution in [0.5, 0.6) is 0 Å².